The Hall–Kier alpha value is -0.0800. The molecule has 0 heterocycles. The second kappa shape index (κ2) is 6.49. The minimum atomic E-state index is 0.733. The minimum Gasteiger partial charge on any atom is -0.330 e. The average Bonchev–Trinajstić information content (AvgIpc) is 2.67. The van der Waals surface area contributed by atoms with Crippen LogP contribution in [0.2, 0.25) is 0 Å². The van der Waals surface area contributed by atoms with Gasteiger partial charge in [0.05, 0.1) is 0 Å². The molecule has 15 heavy (non-hydrogen) atoms. The van der Waals surface area contributed by atoms with E-state index in [0.717, 1.165) is 24.5 Å². The van der Waals surface area contributed by atoms with Gasteiger partial charge < -0.3 is 5.73 Å². The normalized spacial score (nSPS) is 28.6. The smallest absolute Gasteiger partial charge is 0.0138 e. The monoisotopic (exact) mass is 212 g/mol. The first-order chi connectivity index (χ1) is 7.24. The van der Waals surface area contributed by atoms with Gasteiger partial charge in [0.2, 0.25) is 0 Å². The van der Waals surface area contributed by atoms with E-state index in [0.29, 0.717) is 0 Å². The SMILES string of the molecule is CCCC(C)N(CC)C1CCCC1CN. The Kier molecular flexibility index (Phi) is 5.62. The summed E-state index contributed by atoms with van der Waals surface area (Å²) in [7, 11) is 0. The van der Waals surface area contributed by atoms with Gasteiger partial charge in [-0.25, -0.2) is 0 Å². The first-order valence-electron chi connectivity index (χ1n) is 6.70. The summed E-state index contributed by atoms with van der Waals surface area (Å²) in [6.07, 6.45) is 6.70. The van der Waals surface area contributed by atoms with Crippen LogP contribution in [0, 0.1) is 5.92 Å². The molecule has 3 unspecified atom stereocenters. The molecular formula is C13H28N2. The second-order valence-electron chi connectivity index (χ2n) is 4.96. The van der Waals surface area contributed by atoms with Gasteiger partial charge >= 0.3 is 0 Å². The van der Waals surface area contributed by atoms with Crippen molar-refractivity contribution in [2.45, 2.75) is 65.0 Å². The average molecular weight is 212 g/mol. The van der Waals surface area contributed by atoms with Crippen molar-refractivity contribution in [3.05, 3.63) is 0 Å². The number of nitrogens with two attached hydrogens (primary N) is 1. The topological polar surface area (TPSA) is 29.3 Å². The van der Waals surface area contributed by atoms with E-state index < -0.39 is 0 Å². The first-order valence-corrected chi connectivity index (χ1v) is 6.70. The standard InChI is InChI=1S/C13H28N2/c1-4-7-11(3)15(5-2)13-9-6-8-12(13)10-14/h11-13H,4-10,14H2,1-3H3. The van der Waals surface area contributed by atoms with Crippen molar-refractivity contribution >= 4 is 0 Å². The summed E-state index contributed by atoms with van der Waals surface area (Å²) in [4.78, 5) is 2.69. The molecule has 90 valence electrons. The van der Waals surface area contributed by atoms with Crippen LogP contribution in [0.1, 0.15) is 52.9 Å². The summed E-state index contributed by atoms with van der Waals surface area (Å²) in [6.45, 7) is 9.00. The highest BCUT2D eigenvalue weighted by atomic mass is 15.2. The molecule has 2 nitrogen and oxygen atoms in total. The maximum absolute atomic E-state index is 5.86. The zero-order valence-corrected chi connectivity index (χ0v) is 10.7. The number of hydrogen-bond donors (Lipinski definition) is 1. The quantitative estimate of drug-likeness (QED) is 0.733. The van der Waals surface area contributed by atoms with Gasteiger partial charge in [-0.05, 0) is 45.2 Å². The van der Waals surface area contributed by atoms with Crippen LogP contribution in [0.15, 0.2) is 0 Å². The van der Waals surface area contributed by atoms with Gasteiger partial charge in [-0.1, -0.05) is 26.7 Å². The summed E-state index contributed by atoms with van der Waals surface area (Å²) in [5, 5.41) is 0. The van der Waals surface area contributed by atoms with E-state index in [1.807, 2.05) is 0 Å². The van der Waals surface area contributed by atoms with Crippen LogP contribution in [-0.4, -0.2) is 30.1 Å². The highest BCUT2D eigenvalue weighted by molar-refractivity contribution is 4.87. The molecular weight excluding hydrogens is 184 g/mol. The fourth-order valence-corrected chi connectivity index (χ4v) is 3.19. The lowest BCUT2D eigenvalue weighted by Gasteiger charge is -2.36. The van der Waals surface area contributed by atoms with E-state index >= 15 is 0 Å². The second-order valence-corrected chi connectivity index (χ2v) is 4.96. The van der Waals surface area contributed by atoms with Crippen LogP contribution in [-0.2, 0) is 0 Å². The summed E-state index contributed by atoms with van der Waals surface area (Å²) >= 11 is 0. The molecule has 2 N–H and O–H groups in total. The molecule has 1 saturated carbocycles. The molecule has 0 spiro atoms. The molecule has 1 fully saturated rings. The Balaban J connectivity index is 2.56. The van der Waals surface area contributed by atoms with Crippen molar-refractivity contribution < 1.29 is 0 Å². The fraction of sp³-hybridized carbons (Fsp3) is 1.00. The Morgan fingerprint density at radius 2 is 2.07 bits per heavy atom. The van der Waals surface area contributed by atoms with Crippen molar-refractivity contribution in [2.24, 2.45) is 11.7 Å². The van der Waals surface area contributed by atoms with E-state index in [-0.39, 0.29) is 0 Å². The zero-order chi connectivity index (χ0) is 11.3. The van der Waals surface area contributed by atoms with Crippen LogP contribution in [0.3, 0.4) is 0 Å². The van der Waals surface area contributed by atoms with Crippen LogP contribution in [0.25, 0.3) is 0 Å². The van der Waals surface area contributed by atoms with Gasteiger partial charge in [0.15, 0.2) is 0 Å². The lowest BCUT2D eigenvalue weighted by molar-refractivity contribution is 0.117. The fourth-order valence-electron chi connectivity index (χ4n) is 3.19. The van der Waals surface area contributed by atoms with Crippen molar-refractivity contribution in [1.82, 2.24) is 4.90 Å². The molecule has 2 heteroatoms. The van der Waals surface area contributed by atoms with Gasteiger partial charge in [0.25, 0.3) is 0 Å². The van der Waals surface area contributed by atoms with Crippen molar-refractivity contribution in [2.75, 3.05) is 13.1 Å². The molecule has 0 saturated heterocycles. The summed E-state index contributed by atoms with van der Waals surface area (Å²) < 4.78 is 0. The van der Waals surface area contributed by atoms with Crippen LogP contribution in [0.5, 0.6) is 0 Å². The van der Waals surface area contributed by atoms with E-state index in [4.69, 9.17) is 5.73 Å². The predicted molar refractivity (Wildman–Crippen MR) is 66.9 cm³/mol. The van der Waals surface area contributed by atoms with Gasteiger partial charge in [0, 0.05) is 12.1 Å². The molecule has 1 rings (SSSR count). The third kappa shape index (κ3) is 3.18. The molecule has 1 aliphatic carbocycles. The Morgan fingerprint density at radius 3 is 2.60 bits per heavy atom. The molecule has 0 amide bonds. The molecule has 0 aliphatic heterocycles. The maximum Gasteiger partial charge on any atom is 0.0138 e. The highest BCUT2D eigenvalue weighted by Gasteiger charge is 2.32. The van der Waals surface area contributed by atoms with E-state index in [2.05, 4.69) is 25.7 Å². The van der Waals surface area contributed by atoms with Gasteiger partial charge in [-0.2, -0.15) is 0 Å². The molecule has 0 bridgehead atoms. The highest BCUT2D eigenvalue weighted by Crippen LogP contribution is 2.30. The molecule has 0 radical (unpaired) electrons. The number of rotatable bonds is 6. The Labute approximate surface area is 95.2 Å². The van der Waals surface area contributed by atoms with E-state index in [1.165, 1.54) is 38.6 Å². The summed E-state index contributed by atoms with van der Waals surface area (Å²) in [6, 6.07) is 1.50. The van der Waals surface area contributed by atoms with Crippen LogP contribution >= 0.6 is 0 Å². The molecule has 3 atom stereocenters. The molecule has 0 aromatic rings. The lowest BCUT2D eigenvalue weighted by Crippen LogP contribution is -2.45. The van der Waals surface area contributed by atoms with Gasteiger partial charge in [-0.15, -0.1) is 0 Å². The number of hydrogen-bond acceptors (Lipinski definition) is 2. The third-order valence-corrected chi connectivity index (χ3v) is 3.99. The van der Waals surface area contributed by atoms with Crippen molar-refractivity contribution in [3.63, 3.8) is 0 Å². The number of nitrogens with zero attached hydrogens (tertiary/aromatic N) is 1. The summed E-state index contributed by atoms with van der Waals surface area (Å²) in [5.74, 6) is 0.754. The van der Waals surface area contributed by atoms with E-state index in [9.17, 15) is 0 Å². The maximum atomic E-state index is 5.86. The van der Waals surface area contributed by atoms with Crippen molar-refractivity contribution in [3.8, 4) is 0 Å². The van der Waals surface area contributed by atoms with Gasteiger partial charge in [-0.3, -0.25) is 4.90 Å². The third-order valence-electron chi connectivity index (χ3n) is 3.99. The molecule has 0 aromatic heterocycles. The summed E-state index contributed by atoms with van der Waals surface area (Å²) in [5.41, 5.74) is 5.86. The largest absolute Gasteiger partial charge is 0.330 e. The Bertz CT molecular complexity index is 170. The molecule has 0 aromatic carbocycles. The van der Waals surface area contributed by atoms with Crippen LogP contribution in [0.4, 0.5) is 0 Å². The van der Waals surface area contributed by atoms with Crippen molar-refractivity contribution in [1.29, 1.82) is 0 Å². The lowest BCUT2D eigenvalue weighted by atomic mass is 9.99. The predicted octanol–water partition coefficient (Wildman–Crippen LogP) is 2.62. The Morgan fingerprint density at radius 1 is 1.33 bits per heavy atom. The van der Waals surface area contributed by atoms with E-state index in [1.54, 1.807) is 0 Å². The van der Waals surface area contributed by atoms with Crippen LogP contribution < -0.4 is 5.73 Å². The first kappa shape index (κ1) is 13.0. The molecule has 1 aliphatic rings. The zero-order valence-electron chi connectivity index (χ0n) is 10.7. The minimum absolute atomic E-state index is 0.733. The van der Waals surface area contributed by atoms with Gasteiger partial charge in [0.1, 0.15) is 0 Å².